The van der Waals surface area contributed by atoms with Crippen molar-refractivity contribution in [3.8, 4) is 22.4 Å². The molecule has 1 aromatic carbocycles. The predicted octanol–water partition coefficient (Wildman–Crippen LogP) is 4.50. The summed E-state index contributed by atoms with van der Waals surface area (Å²) in [6.45, 7) is 5.93. The first kappa shape index (κ1) is 13.8. The number of aryl methyl sites for hydroxylation is 2. The summed E-state index contributed by atoms with van der Waals surface area (Å²) in [6.07, 6.45) is 0. The van der Waals surface area contributed by atoms with Crippen LogP contribution >= 0.6 is 11.6 Å². The molecule has 0 aliphatic rings. The van der Waals surface area contributed by atoms with Gasteiger partial charge in [0.2, 0.25) is 0 Å². The van der Waals surface area contributed by atoms with Crippen LogP contribution in [0.1, 0.15) is 17.1 Å². The van der Waals surface area contributed by atoms with E-state index in [0.29, 0.717) is 10.8 Å². The third-order valence-corrected chi connectivity index (χ3v) is 3.99. The SMILES string of the molecule is Cc1oc(C)c(-c2[nH]nc(N)c2-c2ccc(Cl)cc2)c1C. The third kappa shape index (κ3) is 2.21. The van der Waals surface area contributed by atoms with Crippen LogP contribution in [0.5, 0.6) is 0 Å². The van der Waals surface area contributed by atoms with Crippen molar-refractivity contribution in [2.45, 2.75) is 20.8 Å². The minimum atomic E-state index is 0.463. The van der Waals surface area contributed by atoms with Crippen LogP contribution in [0.4, 0.5) is 5.82 Å². The zero-order chi connectivity index (χ0) is 15.1. The lowest BCUT2D eigenvalue weighted by atomic mass is 9.98. The van der Waals surface area contributed by atoms with Gasteiger partial charge < -0.3 is 10.2 Å². The number of H-pyrrole nitrogens is 1. The highest BCUT2D eigenvalue weighted by Crippen LogP contribution is 2.39. The van der Waals surface area contributed by atoms with E-state index in [-0.39, 0.29) is 0 Å². The summed E-state index contributed by atoms with van der Waals surface area (Å²) in [6, 6.07) is 7.55. The fourth-order valence-corrected chi connectivity index (χ4v) is 2.73. The quantitative estimate of drug-likeness (QED) is 0.732. The lowest BCUT2D eigenvalue weighted by molar-refractivity contribution is 0.503. The molecule has 0 bridgehead atoms. The largest absolute Gasteiger partial charge is 0.466 e. The van der Waals surface area contributed by atoms with Gasteiger partial charge in [-0.25, -0.2) is 0 Å². The molecule has 21 heavy (non-hydrogen) atoms. The van der Waals surface area contributed by atoms with Gasteiger partial charge in [0, 0.05) is 10.6 Å². The molecule has 0 saturated carbocycles. The maximum Gasteiger partial charge on any atom is 0.153 e. The number of hydrogen-bond acceptors (Lipinski definition) is 3. The van der Waals surface area contributed by atoms with Crippen LogP contribution in [-0.4, -0.2) is 10.2 Å². The lowest BCUT2D eigenvalue weighted by Crippen LogP contribution is -1.89. The summed E-state index contributed by atoms with van der Waals surface area (Å²) in [7, 11) is 0. The van der Waals surface area contributed by atoms with Crippen molar-refractivity contribution in [2.24, 2.45) is 0 Å². The summed E-state index contributed by atoms with van der Waals surface area (Å²) >= 11 is 5.95. The smallest absolute Gasteiger partial charge is 0.153 e. The first-order valence-electron chi connectivity index (χ1n) is 6.65. The van der Waals surface area contributed by atoms with E-state index in [9.17, 15) is 0 Å². The first-order valence-corrected chi connectivity index (χ1v) is 7.03. The number of rotatable bonds is 2. The van der Waals surface area contributed by atoms with Crippen LogP contribution in [0.25, 0.3) is 22.4 Å². The Morgan fingerprint density at radius 2 is 1.71 bits per heavy atom. The molecular weight excluding hydrogens is 286 g/mol. The topological polar surface area (TPSA) is 67.8 Å². The number of hydrogen-bond donors (Lipinski definition) is 2. The van der Waals surface area contributed by atoms with Crippen molar-refractivity contribution in [3.05, 3.63) is 46.4 Å². The van der Waals surface area contributed by atoms with Gasteiger partial charge in [-0.1, -0.05) is 23.7 Å². The van der Waals surface area contributed by atoms with Gasteiger partial charge in [-0.2, -0.15) is 5.10 Å². The summed E-state index contributed by atoms with van der Waals surface area (Å²) in [4.78, 5) is 0. The summed E-state index contributed by atoms with van der Waals surface area (Å²) < 4.78 is 5.71. The second kappa shape index (κ2) is 4.97. The second-order valence-corrected chi connectivity index (χ2v) is 5.52. The highest BCUT2D eigenvalue weighted by Gasteiger charge is 2.21. The lowest BCUT2D eigenvalue weighted by Gasteiger charge is -2.05. The number of nitrogen functional groups attached to an aromatic ring is 1. The number of anilines is 1. The first-order chi connectivity index (χ1) is 9.99. The number of benzene rings is 1. The molecule has 0 radical (unpaired) electrons. The Morgan fingerprint density at radius 3 is 2.29 bits per heavy atom. The molecule has 5 heteroatoms. The Hall–Kier alpha value is -2.20. The number of furan rings is 1. The van der Waals surface area contributed by atoms with E-state index in [1.165, 1.54) is 0 Å². The fraction of sp³-hybridized carbons (Fsp3) is 0.188. The van der Waals surface area contributed by atoms with Crippen LogP contribution in [-0.2, 0) is 0 Å². The number of nitrogens with zero attached hydrogens (tertiary/aromatic N) is 1. The zero-order valence-corrected chi connectivity index (χ0v) is 12.9. The van der Waals surface area contributed by atoms with E-state index < -0.39 is 0 Å². The predicted molar refractivity (Wildman–Crippen MR) is 85.4 cm³/mol. The van der Waals surface area contributed by atoms with Crippen molar-refractivity contribution in [1.82, 2.24) is 10.2 Å². The standard InChI is InChI=1S/C16H16ClN3O/c1-8-9(2)21-10(3)13(8)15-14(16(18)20-19-15)11-4-6-12(17)7-5-11/h4-7H,1-3H3,(H3,18,19,20). The normalized spacial score (nSPS) is 11.0. The molecular formula is C16H16ClN3O. The number of nitrogens with two attached hydrogens (primary N) is 1. The minimum absolute atomic E-state index is 0.463. The third-order valence-electron chi connectivity index (χ3n) is 3.74. The molecule has 3 aromatic rings. The van der Waals surface area contributed by atoms with Gasteiger partial charge >= 0.3 is 0 Å². The molecule has 0 fully saturated rings. The molecule has 0 aliphatic heterocycles. The van der Waals surface area contributed by atoms with Gasteiger partial charge in [0.1, 0.15) is 11.5 Å². The molecule has 0 saturated heterocycles. The molecule has 0 amide bonds. The Bertz CT molecular complexity index is 800. The Morgan fingerprint density at radius 1 is 1.05 bits per heavy atom. The van der Waals surface area contributed by atoms with Crippen LogP contribution in [0.3, 0.4) is 0 Å². The van der Waals surface area contributed by atoms with E-state index in [2.05, 4.69) is 10.2 Å². The molecule has 4 nitrogen and oxygen atoms in total. The van der Waals surface area contributed by atoms with Crippen LogP contribution in [0.2, 0.25) is 5.02 Å². The van der Waals surface area contributed by atoms with Crippen molar-refractivity contribution in [3.63, 3.8) is 0 Å². The Balaban J connectivity index is 2.24. The maximum absolute atomic E-state index is 6.05. The number of halogens is 1. The van der Waals surface area contributed by atoms with Crippen molar-refractivity contribution < 1.29 is 4.42 Å². The van der Waals surface area contributed by atoms with Crippen LogP contribution in [0, 0.1) is 20.8 Å². The van der Waals surface area contributed by atoms with Crippen molar-refractivity contribution in [2.75, 3.05) is 5.73 Å². The van der Waals surface area contributed by atoms with Gasteiger partial charge in [-0.05, 0) is 44.0 Å². The summed E-state index contributed by atoms with van der Waals surface area (Å²) in [5.74, 6) is 2.21. The van der Waals surface area contributed by atoms with Crippen LogP contribution < -0.4 is 5.73 Å². The molecule has 108 valence electrons. The van der Waals surface area contributed by atoms with Gasteiger partial charge in [0.15, 0.2) is 5.82 Å². The van der Waals surface area contributed by atoms with Gasteiger partial charge in [0.25, 0.3) is 0 Å². The number of nitrogens with one attached hydrogen (secondary N) is 1. The molecule has 2 heterocycles. The molecule has 0 unspecified atom stereocenters. The van der Waals surface area contributed by atoms with E-state index in [0.717, 1.165) is 39.5 Å². The molecule has 3 rings (SSSR count). The minimum Gasteiger partial charge on any atom is -0.466 e. The Labute approximate surface area is 127 Å². The van der Waals surface area contributed by atoms with Gasteiger partial charge in [0.05, 0.1) is 11.3 Å². The molecule has 0 spiro atoms. The van der Waals surface area contributed by atoms with Gasteiger partial charge in [-0.3, -0.25) is 5.10 Å². The highest BCUT2D eigenvalue weighted by atomic mass is 35.5. The van der Waals surface area contributed by atoms with E-state index in [4.69, 9.17) is 21.8 Å². The number of aromatic amines is 1. The maximum atomic E-state index is 6.05. The van der Waals surface area contributed by atoms with Crippen molar-refractivity contribution in [1.29, 1.82) is 0 Å². The zero-order valence-electron chi connectivity index (χ0n) is 12.1. The fourth-order valence-electron chi connectivity index (χ4n) is 2.61. The Kier molecular flexibility index (Phi) is 3.26. The van der Waals surface area contributed by atoms with Crippen LogP contribution in [0.15, 0.2) is 28.7 Å². The average molecular weight is 302 g/mol. The van der Waals surface area contributed by atoms with Crippen molar-refractivity contribution >= 4 is 17.4 Å². The highest BCUT2D eigenvalue weighted by molar-refractivity contribution is 6.30. The molecule has 0 aliphatic carbocycles. The van der Waals surface area contributed by atoms with E-state index in [1.807, 2.05) is 45.0 Å². The number of aromatic nitrogens is 2. The summed E-state index contributed by atoms with van der Waals surface area (Å²) in [5.41, 5.74) is 10.9. The van der Waals surface area contributed by atoms with Gasteiger partial charge in [-0.15, -0.1) is 0 Å². The average Bonchev–Trinajstić information content (AvgIpc) is 2.92. The van der Waals surface area contributed by atoms with E-state index in [1.54, 1.807) is 0 Å². The molecule has 0 atom stereocenters. The molecule has 2 aromatic heterocycles. The van der Waals surface area contributed by atoms with E-state index >= 15 is 0 Å². The molecule has 3 N–H and O–H groups in total. The monoisotopic (exact) mass is 301 g/mol. The summed E-state index contributed by atoms with van der Waals surface area (Å²) in [5, 5.41) is 7.88. The second-order valence-electron chi connectivity index (χ2n) is 5.08.